The molecule has 0 spiro atoms. The van der Waals surface area contributed by atoms with E-state index >= 15 is 0 Å². The van der Waals surface area contributed by atoms with Gasteiger partial charge in [-0.15, -0.1) is 22.7 Å². The number of thiophene rings is 2. The highest BCUT2D eigenvalue weighted by Gasteiger charge is 2.32. The molecule has 314 valence electrons. The van der Waals surface area contributed by atoms with Gasteiger partial charge in [-0.1, -0.05) is 176 Å². The van der Waals surface area contributed by atoms with Crippen LogP contribution in [0.1, 0.15) is 5.56 Å². The van der Waals surface area contributed by atoms with Gasteiger partial charge < -0.3 is 9.13 Å². The summed E-state index contributed by atoms with van der Waals surface area (Å²) in [5, 5.41) is 21.2. The monoisotopic (exact) mass is 898 g/mol. The number of benzene rings is 10. The predicted molar refractivity (Wildman–Crippen MR) is 288 cm³/mol. The maximum atomic E-state index is 11.9. The third-order valence-corrected chi connectivity index (χ3v) is 16.2. The standard InChI is InChI=1S/C62H34N4S2/c1-64-57-54(37-18-4-2-5-19-37)48(36-63)56(47-26-10-15-29-51(47)65-49-27-13-8-22-39(49)40-23-9-14-28-50(40)65)55(38-20-6-3-7-21-38)60(57)66-58-43(32-34-45-41-24-11-16-30-52(41)67-61(45)58)44-33-35-46-42-25-12-17-31-53(42)68-62(46)59(44)66/h2-35H. The first-order valence-electron chi connectivity index (χ1n) is 22.6. The number of hydrogen-bond donors (Lipinski definition) is 0. The fourth-order valence-corrected chi connectivity index (χ4v) is 13.5. The largest absolute Gasteiger partial charge is 0.316 e. The van der Waals surface area contributed by atoms with E-state index in [4.69, 9.17) is 0 Å². The van der Waals surface area contributed by atoms with Crippen molar-refractivity contribution in [2.24, 2.45) is 0 Å². The lowest BCUT2D eigenvalue weighted by atomic mass is 9.82. The molecule has 0 aliphatic carbocycles. The van der Waals surface area contributed by atoms with Gasteiger partial charge in [-0.05, 0) is 41.5 Å². The predicted octanol–water partition coefficient (Wildman–Crippen LogP) is 18.0. The number of fused-ring (bicyclic) bond motifs is 14. The highest BCUT2D eigenvalue weighted by Crippen LogP contribution is 2.56. The van der Waals surface area contributed by atoms with E-state index in [9.17, 15) is 11.8 Å². The normalized spacial score (nSPS) is 11.8. The van der Waals surface area contributed by atoms with Crippen molar-refractivity contribution in [2.45, 2.75) is 0 Å². The molecular formula is C62H34N4S2. The van der Waals surface area contributed by atoms with Gasteiger partial charge in [0.25, 0.3) is 0 Å². The molecule has 0 atom stereocenters. The summed E-state index contributed by atoms with van der Waals surface area (Å²) in [5.41, 5.74) is 11.7. The molecule has 6 heteroatoms. The summed E-state index contributed by atoms with van der Waals surface area (Å²) >= 11 is 3.60. The van der Waals surface area contributed by atoms with Crippen molar-refractivity contribution in [3.8, 4) is 50.8 Å². The van der Waals surface area contributed by atoms with Gasteiger partial charge in [-0.25, -0.2) is 4.85 Å². The topological polar surface area (TPSA) is 38.0 Å². The second-order valence-electron chi connectivity index (χ2n) is 17.2. The van der Waals surface area contributed by atoms with Crippen molar-refractivity contribution in [2.75, 3.05) is 0 Å². The summed E-state index contributed by atoms with van der Waals surface area (Å²) in [6, 6.07) is 75.4. The van der Waals surface area contributed by atoms with Gasteiger partial charge in [0.1, 0.15) is 0 Å². The molecule has 0 bridgehead atoms. The van der Waals surface area contributed by atoms with Crippen molar-refractivity contribution in [1.82, 2.24) is 9.13 Å². The number of para-hydroxylation sites is 3. The van der Waals surface area contributed by atoms with Crippen LogP contribution in [-0.4, -0.2) is 9.13 Å². The lowest BCUT2D eigenvalue weighted by Crippen LogP contribution is -2.06. The Balaban J connectivity index is 1.27. The fourth-order valence-electron chi connectivity index (χ4n) is 11.0. The molecule has 14 aromatic rings. The second kappa shape index (κ2) is 14.9. The molecule has 0 saturated carbocycles. The maximum absolute atomic E-state index is 11.9. The zero-order valence-corrected chi connectivity index (χ0v) is 37.9. The van der Waals surface area contributed by atoms with E-state index in [1.807, 2.05) is 36.4 Å². The summed E-state index contributed by atoms with van der Waals surface area (Å²) in [7, 11) is 0. The SMILES string of the molecule is [C-]#[N+]c1c(-c2ccccc2)c(C#N)c(-c2ccccc2-n2c3ccccc3c3ccccc32)c(-c2ccccc2)c1-n1c2c(ccc3c4ccccc4sc32)c2ccc3c4ccccc4sc3c21. The summed E-state index contributed by atoms with van der Waals surface area (Å²) in [6.07, 6.45) is 0. The molecule has 0 amide bonds. The molecule has 0 radical (unpaired) electrons. The van der Waals surface area contributed by atoms with Crippen LogP contribution in [0.15, 0.2) is 206 Å². The average molecular weight is 899 g/mol. The lowest BCUT2D eigenvalue weighted by Gasteiger charge is -2.26. The Hall–Kier alpha value is -8.78. The number of hydrogen-bond acceptors (Lipinski definition) is 3. The van der Waals surface area contributed by atoms with Crippen LogP contribution >= 0.6 is 22.7 Å². The van der Waals surface area contributed by atoms with Crippen LogP contribution in [0.3, 0.4) is 0 Å². The highest BCUT2D eigenvalue weighted by molar-refractivity contribution is 7.27. The van der Waals surface area contributed by atoms with Crippen molar-refractivity contribution in [3.05, 3.63) is 223 Å². The molecule has 0 unspecified atom stereocenters. The molecule has 10 aromatic carbocycles. The first-order chi connectivity index (χ1) is 33.7. The van der Waals surface area contributed by atoms with Crippen molar-refractivity contribution < 1.29 is 0 Å². The fraction of sp³-hybridized carbons (Fsp3) is 0. The Morgan fingerprint density at radius 1 is 0.412 bits per heavy atom. The highest BCUT2D eigenvalue weighted by atomic mass is 32.1. The Labute approximate surface area is 398 Å². The number of nitrogens with zero attached hydrogens (tertiary/aromatic N) is 4. The van der Waals surface area contributed by atoms with Gasteiger partial charge in [-0.2, -0.15) is 5.26 Å². The van der Waals surface area contributed by atoms with Crippen LogP contribution in [0.4, 0.5) is 5.69 Å². The van der Waals surface area contributed by atoms with Crippen LogP contribution in [0, 0.1) is 17.9 Å². The van der Waals surface area contributed by atoms with Gasteiger partial charge in [0.05, 0.1) is 61.0 Å². The van der Waals surface area contributed by atoms with Gasteiger partial charge in [0.15, 0.2) is 0 Å². The van der Waals surface area contributed by atoms with Gasteiger partial charge in [0.2, 0.25) is 5.69 Å². The maximum Gasteiger partial charge on any atom is 0.220 e. The van der Waals surface area contributed by atoms with Gasteiger partial charge in [-0.3, -0.25) is 0 Å². The average Bonchev–Trinajstić information content (AvgIpc) is 4.16. The number of aromatic nitrogens is 2. The quantitative estimate of drug-likeness (QED) is 0.159. The molecule has 0 N–H and O–H groups in total. The van der Waals surface area contributed by atoms with Crippen molar-refractivity contribution in [3.63, 3.8) is 0 Å². The zero-order chi connectivity index (χ0) is 45.0. The Morgan fingerprint density at radius 3 is 1.41 bits per heavy atom. The minimum Gasteiger partial charge on any atom is -0.316 e. The Kier molecular flexibility index (Phi) is 8.42. The molecule has 4 heterocycles. The molecule has 0 aliphatic rings. The molecule has 0 fully saturated rings. The van der Waals surface area contributed by atoms with Gasteiger partial charge >= 0.3 is 0 Å². The van der Waals surface area contributed by atoms with E-state index in [2.05, 4.69) is 190 Å². The first-order valence-corrected chi connectivity index (χ1v) is 24.2. The molecular weight excluding hydrogens is 865 g/mol. The van der Waals surface area contributed by atoms with Crippen LogP contribution in [0.5, 0.6) is 0 Å². The Morgan fingerprint density at radius 2 is 0.868 bits per heavy atom. The summed E-state index contributed by atoms with van der Waals surface area (Å²) in [5.74, 6) is 0. The molecule has 0 aliphatic heterocycles. The summed E-state index contributed by atoms with van der Waals surface area (Å²) in [4.78, 5) is 4.63. The molecule has 0 saturated heterocycles. The number of nitriles is 1. The van der Waals surface area contributed by atoms with Gasteiger partial charge in [0, 0.05) is 74.7 Å². The van der Waals surface area contributed by atoms with E-state index in [1.165, 1.54) is 30.9 Å². The molecule has 14 rings (SSSR count). The van der Waals surface area contributed by atoms with Crippen molar-refractivity contribution >= 4 is 112 Å². The zero-order valence-electron chi connectivity index (χ0n) is 36.2. The lowest BCUT2D eigenvalue weighted by molar-refractivity contribution is 1.18. The van der Waals surface area contributed by atoms with Crippen LogP contribution in [0.25, 0.3) is 134 Å². The van der Waals surface area contributed by atoms with Crippen LogP contribution < -0.4 is 0 Å². The first kappa shape index (κ1) is 38.5. The third-order valence-electron chi connectivity index (χ3n) is 13.8. The molecule has 68 heavy (non-hydrogen) atoms. The second-order valence-corrected chi connectivity index (χ2v) is 19.4. The van der Waals surface area contributed by atoms with E-state index in [1.54, 1.807) is 22.7 Å². The minimum atomic E-state index is 0.430. The van der Waals surface area contributed by atoms with Crippen molar-refractivity contribution in [1.29, 1.82) is 5.26 Å². The molecule has 4 nitrogen and oxygen atoms in total. The number of rotatable bonds is 5. The van der Waals surface area contributed by atoms with Crippen LogP contribution in [-0.2, 0) is 0 Å². The third kappa shape index (κ3) is 5.33. The summed E-state index contributed by atoms with van der Waals surface area (Å²) in [6.45, 7) is 9.44. The summed E-state index contributed by atoms with van der Waals surface area (Å²) < 4.78 is 9.51. The van der Waals surface area contributed by atoms with E-state index in [-0.39, 0.29) is 0 Å². The van der Waals surface area contributed by atoms with Crippen LogP contribution in [0.2, 0.25) is 0 Å². The minimum absolute atomic E-state index is 0.430. The smallest absolute Gasteiger partial charge is 0.220 e. The van der Waals surface area contributed by atoms with E-state index < -0.39 is 0 Å². The Bertz CT molecular complexity index is 4330. The molecule has 4 aromatic heterocycles. The van der Waals surface area contributed by atoms with E-state index in [0.717, 1.165) is 92.2 Å². The van der Waals surface area contributed by atoms with E-state index in [0.29, 0.717) is 16.8 Å².